The second kappa shape index (κ2) is 10.2. The largest absolute Gasteiger partial charge is 0.485 e. The molecule has 0 saturated heterocycles. The Balaban J connectivity index is 1.85. The van der Waals surface area contributed by atoms with Gasteiger partial charge in [0, 0.05) is 38.1 Å². The molecule has 7 nitrogen and oxygen atoms in total. The van der Waals surface area contributed by atoms with Gasteiger partial charge in [0.1, 0.15) is 28.9 Å². The van der Waals surface area contributed by atoms with Crippen LogP contribution in [0.5, 0.6) is 5.75 Å². The topological polar surface area (TPSA) is 76.5 Å². The van der Waals surface area contributed by atoms with Crippen LogP contribution in [0.4, 0.5) is 8.78 Å². The first-order valence-corrected chi connectivity index (χ1v) is 10.6. The maximum Gasteiger partial charge on any atom is 0.273 e. The number of nitrogens with one attached hydrogen (secondary N) is 1. The summed E-state index contributed by atoms with van der Waals surface area (Å²) in [5, 5.41) is 2.91. The molecule has 0 fully saturated rings. The zero-order valence-electron chi connectivity index (χ0n) is 18.7. The van der Waals surface area contributed by atoms with Crippen LogP contribution < -0.4 is 15.6 Å². The van der Waals surface area contributed by atoms with Crippen LogP contribution in [-0.2, 0) is 11.4 Å². The summed E-state index contributed by atoms with van der Waals surface area (Å²) in [4.78, 5) is 31.1. The molecule has 3 heterocycles. The summed E-state index contributed by atoms with van der Waals surface area (Å²) >= 11 is 6.30. The lowest BCUT2D eigenvalue weighted by Crippen LogP contribution is -2.41. The summed E-state index contributed by atoms with van der Waals surface area (Å²) in [5.41, 5.74) is 0.817. The van der Waals surface area contributed by atoms with E-state index < -0.39 is 23.2 Å². The van der Waals surface area contributed by atoms with Crippen LogP contribution in [0.2, 0.25) is 5.02 Å². The van der Waals surface area contributed by atoms with E-state index in [1.807, 2.05) is 21.0 Å². The summed E-state index contributed by atoms with van der Waals surface area (Å²) in [5.74, 6) is -1.70. The van der Waals surface area contributed by atoms with E-state index in [4.69, 9.17) is 16.3 Å². The highest BCUT2D eigenvalue weighted by atomic mass is 35.5. The van der Waals surface area contributed by atoms with Crippen LogP contribution >= 0.6 is 11.6 Å². The Hall–Kier alpha value is -3.20. The Morgan fingerprint density at radius 2 is 2.09 bits per heavy atom. The number of ketones is 1. The molecule has 2 atom stereocenters. The molecule has 1 aliphatic heterocycles. The van der Waals surface area contributed by atoms with Gasteiger partial charge in [-0.2, -0.15) is 0 Å². The van der Waals surface area contributed by atoms with E-state index in [9.17, 15) is 18.4 Å². The van der Waals surface area contributed by atoms with Crippen LogP contribution in [0, 0.1) is 18.6 Å². The molecule has 0 saturated carbocycles. The van der Waals surface area contributed by atoms with Crippen LogP contribution in [0.15, 0.2) is 47.2 Å². The van der Waals surface area contributed by atoms with E-state index in [1.54, 1.807) is 30.3 Å². The van der Waals surface area contributed by atoms with Gasteiger partial charge in [0.2, 0.25) is 0 Å². The van der Waals surface area contributed by atoms with Crippen molar-refractivity contribution in [3.8, 4) is 5.75 Å². The van der Waals surface area contributed by atoms with Gasteiger partial charge in [-0.15, -0.1) is 0 Å². The van der Waals surface area contributed by atoms with Gasteiger partial charge in [-0.1, -0.05) is 11.6 Å². The zero-order valence-corrected chi connectivity index (χ0v) is 19.5. The molecular weight excluding hydrogens is 454 g/mol. The van der Waals surface area contributed by atoms with Crippen LogP contribution in [0.1, 0.15) is 30.8 Å². The van der Waals surface area contributed by atoms with Gasteiger partial charge < -0.3 is 19.5 Å². The Kier molecular flexibility index (Phi) is 7.53. The second-order valence-electron chi connectivity index (χ2n) is 8.05. The SMILES string of the molecule is CC1=CN[C@@H](C(=O)/C=C/N(C)C)C[C@H]1n1c(C)cc(OCc2ncc(F)cc2F)c(Cl)c1=O. The van der Waals surface area contributed by atoms with Gasteiger partial charge in [0.25, 0.3) is 5.56 Å². The van der Waals surface area contributed by atoms with Crippen molar-refractivity contribution < 1.29 is 18.3 Å². The minimum Gasteiger partial charge on any atom is -0.485 e. The minimum absolute atomic E-state index is 0.0676. The standard InChI is InChI=1S/C23H25ClF2N4O3/c1-13-10-27-17(20(31)5-6-29(3)4)9-19(13)30-14(2)7-21(22(24)23(30)32)33-12-18-16(26)8-15(25)11-28-18/h5-8,10-11,17,19,27H,9,12H2,1-4H3/b6-5+/t17-,19-/m1/s1. The molecule has 10 heteroatoms. The van der Waals surface area contributed by atoms with Crippen LogP contribution in [0.25, 0.3) is 0 Å². The molecular formula is C23H25ClF2N4O3. The Morgan fingerprint density at radius 1 is 1.36 bits per heavy atom. The van der Waals surface area contributed by atoms with Crippen LogP contribution in [-0.4, -0.2) is 40.4 Å². The quantitative estimate of drug-likeness (QED) is 0.614. The maximum atomic E-state index is 13.8. The second-order valence-corrected chi connectivity index (χ2v) is 8.43. The average Bonchev–Trinajstić information content (AvgIpc) is 2.75. The zero-order chi connectivity index (χ0) is 24.3. The molecule has 0 amide bonds. The number of carbonyl (C=O) groups excluding carboxylic acids is 1. The summed E-state index contributed by atoms with van der Waals surface area (Å²) in [6.45, 7) is 3.26. The van der Waals surface area contributed by atoms with Gasteiger partial charge >= 0.3 is 0 Å². The first kappa shape index (κ1) is 24.4. The fraction of sp³-hybridized carbons (Fsp3) is 0.348. The molecule has 0 unspecified atom stereocenters. The summed E-state index contributed by atoms with van der Waals surface area (Å²) in [6.07, 6.45) is 6.13. The normalized spacial score (nSPS) is 18.1. The van der Waals surface area contributed by atoms with Crippen molar-refractivity contribution in [3.05, 3.63) is 80.8 Å². The number of nitrogens with zero attached hydrogens (tertiary/aromatic N) is 3. The number of halogens is 3. The Labute approximate surface area is 195 Å². The van der Waals surface area contributed by atoms with E-state index in [-0.39, 0.29) is 34.9 Å². The third-order valence-electron chi connectivity index (χ3n) is 5.28. The first-order chi connectivity index (χ1) is 15.6. The molecule has 2 aromatic heterocycles. The van der Waals surface area contributed by atoms with E-state index in [2.05, 4.69) is 10.3 Å². The van der Waals surface area contributed by atoms with Gasteiger partial charge in [-0.05, 0) is 38.1 Å². The van der Waals surface area contributed by atoms with Gasteiger partial charge in [-0.25, -0.2) is 8.78 Å². The first-order valence-electron chi connectivity index (χ1n) is 10.2. The van der Waals surface area contributed by atoms with Crippen molar-refractivity contribution >= 4 is 17.4 Å². The molecule has 2 aromatic rings. The summed E-state index contributed by atoms with van der Waals surface area (Å²) in [7, 11) is 3.64. The Morgan fingerprint density at radius 3 is 2.76 bits per heavy atom. The fourth-order valence-corrected chi connectivity index (χ4v) is 3.73. The number of allylic oxidation sites excluding steroid dienone is 1. The predicted octanol–water partition coefficient (Wildman–Crippen LogP) is 3.51. The smallest absolute Gasteiger partial charge is 0.273 e. The van der Waals surface area contributed by atoms with Crippen molar-refractivity contribution in [1.82, 2.24) is 19.8 Å². The van der Waals surface area contributed by atoms with Crippen molar-refractivity contribution in [1.29, 1.82) is 0 Å². The predicted molar refractivity (Wildman–Crippen MR) is 121 cm³/mol. The molecule has 0 aliphatic carbocycles. The highest BCUT2D eigenvalue weighted by Gasteiger charge is 2.29. The van der Waals surface area contributed by atoms with E-state index in [0.29, 0.717) is 18.2 Å². The van der Waals surface area contributed by atoms with Crippen molar-refractivity contribution in [2.75, 3.05) is 14.1 Å². The molecule has 0 bridgehead atoms. The lowest BCUT2D eigenvalue weighted by molar-refractivity contribution is -0.116. The lowest BCUT2D eigenvalue weighted by atomic mass is 9.94. The summed E-state index contributed by atoms with van der Waals surface area (Å²) < 4.78 is 33.9. The minimum atomic E-state index is -0.856. The van der Waals surface area contributed by atoms with E-state index in [1.165, 1.54) is 10.6 Å². The lowest BCUT2D eigenvalue weighted by Gasteiger charge is -2.31. The van der Waals surface area contributed by atoms with Crippen molar-refractivity contribution in [3.63, 3.8) is 0 Å². The van der Waals surface area contributed by atoms with E-state index in [0.717, 1.165) is 11.8 Å². The van der Waals surface area contributed by atoms with Crippen LogP contribution in [0.3, 0.4) is 0 Å². The molecule has 0 spiro atoms. The highest BCUT2D eigenvalue weighted by molar-refractivity contribution is 6.31. The molecule has 3 rings (SSSR count). The third kappa shape index (κ3) is 5.60. The van der Waals surface area contributed by atoms with E-state index >= 15 is 0 Å². The van der Waals surface area contributed by atoms with Gasteiger partial charge in [0.15, 0.2) is 11.6 Å². The fourth-order valence-electron chi connectivity index (χ4n) is 3.53. The number of aryl methyl sites for hydroxylation is 1. The molecule has 1 N–H and O–H groups in total. The van der Waals surface area contributed by atoms with Gasteiger partial charge in [0.05, 0.1) is 18.3 Å². The summed E-state index contributed by atoms with van der Waals surface area (Å²) in [6, 6.07) is 1.39. The molecule has 0 aromatic carbocycles. The average molecular weight is 479 g/mol. The van der Waals surface area contributed by atoms with Crippen molar-refractivity contribution in [2.24, 2.45) is 0 Å². The molecule has 0 radical (unpaired) electrons. The molecule has 33 heavy (non-hydrogen) atoms. The number of pyridine rings is 2. The highest BCUT2D eigenvalue weighted by Crippen LogP contribution is 2.30. The van der Waals surface area contributed by atoms with Crippen molar-refractivity contribution in [2.45, 2.75) is 39.0 Å². The molecule has 1 aliphatic rings. The molecule has 176 valence electrons. The number of hydrogen-bond acceptors (Lipinski definition) is 6. The number of aromatic nitrogens is 2. The Bertz CT molecular complexity index is 1180. The monoisotopic (exact) mass is 478 g/mol. The third-order valence-corrected chi connectivity index (χ3v) is 5.63. The number of ether oxygens (including phenoxy) is 1. The maximum absolute atomic E-state index is 13.8. The number of rotatable bonds is 7. The van der Waals surface area contributed by atoms with Gasteiger partial charge in [-0.3, -0.25) is 14.6 Å². The number of hydrogen-bond donors (Lipinski definition) is 1. The number of carbonyl (C=O) groups is 1.